The Morgan fingerprint density at radius 2 is 2.18 bits per heavy atom. The number of aliphatic hydroxyl groups is 1. The van der Waals surface area contributed by atoms with Crippen LogP contribution < -0.4 is 10.5 Å². The summed E-state index contributed by atoms with van der Waals surface area (Å²) in [6.07, 6.45) is 0.510. The zero-order valence-corrected chi connectivity index (χ0v) is 10.3. The molecule has 0 spiro atoms. The molecule has 0 fully saturated rings. The van der Waals surface area contributed by atoms with Crippen LogP contribution in [0.1, 0.15) is 30.6 Å². The van der Waals surface area contributed by atoms with E-state index in [1.807, 2.05) is 13.8 Å². The highest BCUT2D eigenvalue weighted by Gasteiger charge is 2.10. The fraction of sp³-hybridized carbons (Fsp3) is 0.462. The van der Waals surface area contributed by atoms with Gasteiger partial charge in [0.05, 0.1) is 12.3 Å². The van der Waals surface area contributed by atoms with Gasteiger partial charge in [0, 0.05) is 12.0 Å². The summed E-state index contributed by atoms with van der Waals surface area (Å²) in [5.74, 6) is 0.912. The SMILES string of the molecule is CC(C)CC(=O)c1ccc(OCCO)c(N)c1. The van der Waals surface area contributed by atoms with Crippen LogP contribution in [0.3, 0.4) is 0 Å². The molecule has 4 nitrogen and oxygen atoms in total. The molecular formula is C13H19NO3. The smallest absolute Gasteiger partial charge is 0.163 e. The molecule has 4 heteroatoms. The first kappa shape index (κ1) is 13.5. The van der Waals surface area contributed by atoms with Crippen LogP contribution >= 0.6 is 0 Å². The molecule has 1 rings (SSSR count). The molecule has 0 aliphatic heterocycles. The van der Waals surface area contributed by atoms with Gasteiger partial charge in [0.1, 0.15) is 12.4 Å². The van der Waals surface area contributed by atoms with Crippen LogP contribution in [0.25, 0.3) is 0 Å². The lowest BCUT2D eigenvalue weighted by atomic mass is 10.0. The Balaban J connectivity index is 2.77. The highest BCUT2D eigenvalue weighted by atomic mass is 16.5. The van der Waals surface area contributed by atoms with Crippen LogP contribution in [0.2, 0.25) is 0 Å². The minimum atomic E-state index is -0.0620. The molecule has 0 amide bonds. The number of Topliss-reactive ketones (excluding diaryl/α,β-unsaturated/α-hetero) is 1. The van der Waals surface area contributed by atoms with Crippen molar-refractivity contribution in [3.63, 3.8) is 0 Å². The largest absolute Gasteiger partial charge is 0.489 e. The van der Waals surface area contributed by atoms with Crippen LogP contribution in [-0.4, -0.2) is 24.1 Å². The van der Waals surface area contributed by atoms with E-state index >= 15 is 0 Å². The summed E-state index contributed by atoms with van der Waals surface area (Å²) >= 11 is 0. The Labute approximate surface area is 101 Å². The number of ketones is 1. The standard InChI is InChI=1S/C13H19NO3/c1-9(2)7-12(16)10-3-4-13(11(14)8-10)17-6-5-15/h3-4,8-9,15H,5-7,14H2,1-2H3. The van der Waals surface area contributed by atoms with Crippen LogP contribution in [0.4, 0.5) is 5.69 Å². The van der Waals surface area contributed by atoms with E-state index in [0.717, 1.165) is 0 Å². The Morgan fingerprint density at radius 3 is 2.71 bits per heavy atom. The van der Waals surface area contributed by atoms with Gasteiger partial charge in [-0.3, -0.25) is 4.79 Å². The third-order valence-electron chi connectivity index (χ3n) is 2.27. The van der Waals surface area contributed by atoms with Gasteiger partial charge >= 0.3 is 0 Å². The summed E-state index contributed by atoms with van der Waals surface area (Å²) in [6.45, 7) is 4.14. The number of rotatable bonds is 6. The molecule has 0 atom stereocenters. The van der Waals surface area contributed by atoms with Crippen LogP contribution in [-0.2, 0) is 0 Å². The van der Waals surface area contributed by atoms with Gasteiger partial charge in [-0.15, -0.1) is 0 Å². The number of aliphatic hydroxyl groups excluding tert-OH is 1. The second-order valence-corrected chi connectivity index (χ2v) is 4.35. The summed E-state index contributed by atoms with van der Waals surface area (Å²) in [6, 6.07) is 4.99. The number of carbonyl (C=O) groups excluding carboxylic acids is 1. The van der Waals surface area contributed by atoms with Gasteiger partial charge in [-0.1, -0.05) is 13.8 Å². The van der Waals surface area contributed by atoms with Gasteiger partial charge in [0.25, 0.3) is 0 Å². The zero-order valence-electron chi connectivity index (χ0n) is 10.3. The normalized spacial score (nSPS) is 10.6. The van der Waals surface area contributed by atoms with Crippen molar-refractivity contribution in [2.24, 2.45) is 5.92 Å². The van der Waals surface area contributed by atoms with Crippen molar-refractivity contribution in [3.05, 3.63) is 23.8 Å². The highest BCUT2D eigenvalue weighted by molar-refractivity contribution is 5.97. The third-order valence-corrected chi connectivity index (χ3v) is 2.27. The molecule has 0 saturated carbocycles. The second-order valence-electron chi connectivity index (χ2n) is 4.35. The van der Waals surface area contributed by atoms with Gasteiger partial charge in [-0.25, -0.2) is 0 Å². The minimum absolute atomic E-state index is 0.0620. The number of anilines is 1. The number of nitrogen functional groups attached to an aromatic ring is 1. The van der Waals surface area contributed by atoms with Crippen LogP contribution in [0.5, 0.6) is 5.75 Å². The van der Waals surface area contributed by atoms with Crippen molar-refractivity contribution >= 4 is 11.5 Å². The predicted molar refractivity (Wildman–Crippen MR) is 67.2 cm³/mol. The van der Waals surface area contributed by atoms with Crippen LogP contribution in [0, 0.1) is 5.92 Å². The quantitative estimate of drug-likeness (QED) is 0.585. The van der Waals surface area contributed by atoms with E-state index in [-0.39, 0.29) is 19.0 Å². The van der Waals surface area contributed by atoms with E-state index in [0.29, 0.717) is 29.3 Å². The first-order valence-electron chi connectivity index (χ1n) is 5.71. The summed E-state index contributed by atoms with van der Waals surface area (Å²) < 4.78 is 5.22. The van der Waals surface area contributed by atoms with Gasteiger partial charge in [-0.05, 0) is 24.1 Å². The van der Waals surface area contributed by atoms with E-state index in [1.54, 1.807) is 18.2 Å². The summed E-state index contributed by atoms with van der Waals surface area (Å²) in [7, 11) is 0. The Kier molecular flexibility index (Phi) is 4.97. The first-order chi connectivity index (χ1) is 8.04. The average molecular weight is 237 g/mol. The van der Waals surface area contributed by atoms with Crippen molar-refractivity contribution in [3.8, 4) is 5.75 Å². The van der Waals surface area contributed by atoms with Crippen molar-refractivity contribution in [2.75, 3.05) is 18.9 Å². The number of ether oxygens (including phenoxy) is 1. The molecule has 17 heavy (non-hydrogen) atoms. The van der Waals surface area contributed by atoms with E-state index in [9.17, 15) is 4.79 Å². The average Bonchev–Trinajstić information content (AvgIpc) is 2.26. The molecule has 0 bridgehead atoms. The lowest BCUT2D eigenvalue weighted by Gasteiger charge is -2.09. The molecule has 0 unspecified atom stereocenters. The molecule has 0 aliphatic carbocycles. The van der Waals surface area contributed by atoms with Crippen molar-refractivity contribution in [1.82, 2.24) is 0 Å². The highest BCUT2D eigenvalue weighted by Crippen LogP contribution is 2.23. The van der Waals surface area contributed by atoms with Crippen molar-refractivity contribution in [1.29, 1.82) is 0 Å². The number of benzene rings is 1. The number of hydrogen-bond donors (Lipinski definition) is 2. The molecule has 0 aliphatic rings. The van der Waals surface area contributed by atoms with E-state index in [1.165, 1.54) is 0 Å². The van der Waals surface area contributed by atoms with Crippen molar-refractivity contribution in [2.45, 2.75) is 20.3 Å². The number of carbonyl (C=O) groups is 1. The fourth-order valence-electron chi connectivity index (χ4n) is 1.50. The van der Waals surface area contributed by atoms with Gasteiger partial charge in [0.15, 0.2) is 5.78 Å². The molecule has 1 aromatic rings. The Bertz CT molecular complexity index is 388. The Hall–Kier alpha value is -1.55. The lowest BCUT2D eigenvalue weighted by Crippen LogP contribution is -2.07. The molecule has 0 heterocycles. The molecule has 1 aromatic carbocycles. The maximum absolute atomic E-state index is 11.8. The zero-order chi connectivity index (χ0) is 12.8. The number of hydrogen-bond acceptors (Lipinski definition) is 4. The lowest BCUT2D eigenvalue weighted by molar-refractivity contribution is 0.0968. The monoisotopic (exact) mass is 237 g/mol. The third kappa shape index (κ3) is 4.07. The minimum Gasteiger partial charge on any atom is -0.489 e. The molecule has 0 aromatic heterocycles. The summed E-state index contributed by atoms with van der Waals surface area (Å²) in [5.41, 5.74) is 6.80. The van der Waals surface area contributed by atoms with Gasteiger partial charge in [-0.2, -0.15) is 0 Å². The van der Waals surface area contributed by atoms with Crippen LogP contribution in [0.15, 0.2) is 18.2 Å². The fourth-order valence-corrected chi connectivity index (χ4v) is 1.50. The van der Waals surface area contributed by atoms with Crippen molar-refractivity contribution < 1.29 is 14.6 Å². The molecule has 0 saturated heterocycles. The molecule has 3 N–H and O–H groups in total. The molecule has 0 radical (unpaired) electrons. The second kappa shape index (κ2) is 6.25. The molecular weight excluding hydrogens is 218 g/mol. The summed E-state index contributed by atoms with van der Waals surface area (Å²) in [5, 5.41) is 8.64. The first-order valence-corrected chi connectivity index (χ1v) is 5.71. The topological polar surface area (TPSA) is 72.5 Å². The number of nitrogens with two attached hydrogens (primary N) is 1. The van der Waals surface area contributed by atoms with E-state index in [4.69, 9.17) is 15.6 Å². The molecule has 94 valence electrons. The van der Waals surface area contributed by atoms with E-state index < -0.39 is 0 Å². The van der Waals surface area contributed by atoms with Gasteiger partial charge < -0.3 is 15.6 Å². The maximum Gasteiger partial charge on any atom is 0.163 e. The maximum atomic E-state index is 11.8. The Morgan fingerprint density at radius 1 is 1.47 bits per heavy atom. The summed E-state index contributed by atoms with van der Waals surface area (Å²) in [4.78, 5) is 11.8. The predicted octanol–water partition coefficient (Wildman–Crippen LogP) is 1.87. The van der Waals surface area contributed by atoms with Gasteiger partial charge in [0.2, 0.25) is 0 Å². The van der Waals surface area contributed by atoms with E-state index in [2.05, 4.69) is 0 Å².